The fraction of sp³-hybridized carbons (Fsp3) is 0.545. The molecule has 0 saturated heterocycles. The maximum absolute atomic E-state index is 12.6. The molecule has 1 heterocycles. The Kier molecular flexibility index (Phi) is 8.25. The Morgan fingerprint density at radius 1 is 1.16 bits per heavy atom. The van der Waals surface area contributed by atoms with Gasteiger partial charge >= 0.3 is 0 Å². The SMILES string of the molecule is CN=C(NCc1ccc(S(=O)(=O)N(C)C(C)C)cc1)N(C)Cc1cn(C)nc1C(C)C. The normalized spacial score (nSPS) is 12.8. The van der Waals surface area contributed by atoms with Gasteiger partial charge in [-0.15, -0.1) is 0 Å². The second-order valence-corrected chi connectivity index (χ2v) is 10.4. The van der Waals surface area contributed by atoms with Crippen LogP contribution in [0.4, 0.5) is 0 Å². The molecule has 8 nitrogen and oxygen atoms in total. The monoisotopic (exact) mass is 448 g/mol. The maximum atomic E-state index is 12.6. The van der Waals surface area contributed by atoms with Gasteiger partial charge in [0, 0.05) is 59.1 Å². The molecular weight excluding hydrogens is 412 g/mol. The molecular formula is C22H36N6O2S. The summed E-state index contributed by atoms with van der Waals surface area (Å²) in [5, 5.41) is 7.92. The number of aliphatic imine (C=N–C) groups is 1. The Balaban J connectivity index is 2.04. The molecule has 0 aliphatic rings. The molecule has 1 aromatic heterocycles. The highest BCUT2D eigenvalue weighted by atomic mass is 32.2. The van der Waals surface area contributed by atoms with Crippen LogP contribution in [-0.4, -0.2) is 60.5 Å². The lowest BCUT2D eigenvalue weighted by Crippen LogP contribution is -2.38. The van der Waals surface area contributed by atoms with Gasteiger partial charge in [-0.1, -0.05) is 26.0 Å². The lowest BCUT2D eigenvalue weighted by Gasteiger charge is -2.23. The standard InChI is InChI=1S/C22H36N6O2S/c1-16(2)21-19(15-27(7)25-21)14-26(6)22(23-5)24-13-18-9-11-20(12-10-18)31(29,30)28(8)17(3)4/h9-12,15-17H,13-14H2,1-8H3,(H,23,24). The van der Waals surface area contributed by atoms with Crippen LogP contribution in [0.15, 0.2) is 40.4 Å². The van der Waals surface area contributed by atoms with Crippen LogP contribution >= 0.6 is 0 Å². The minimum Gasteiger partial charge on any atom is -0.352 e. The molecule has 0 fully saturated rings. The summed E-state index contributed by atoms with van der Waals surface area (Å²) in [5.74, 6) is 1.11. The van der Waals surface area contributed by atoms with Gasteiger partial charge < -0.3 is 10.2 Å². The van der Waals surface area contributed by atoms with Gasteiger partial charge in [0.05, 0.1) is 10.6 Å². The fourth-order valence-electron chi connectivity index (χ4n) is 3.28. The van der Waals surface area contributed by atoms with Crippen LogP contribution < -0.4 is 5.32 Å². The summed E-state index contributed by atoms with van der Waals surface area (Å²) < 4.78 is 28.5. The van der Waals surface area contributed by atoms with Crippen LogP contribution in [0.2, 0.25) is 0 Å². The molecule has 9 heteroatoms. The number of hydrogen-bond donors (Lipinski definition) is 1. The molecule has 2 rings (SSSR count). The van der Waals surface area contributed by atoms with Crippen LogP contribution in [0.25, 0.3) is 0 Å². The zero-order valence-corrected chi connectivity index (χ0v) is 20.7. The van der Waals surface area contributed by atoms with Crippen molar-refractivity contribution in [1.29, 1.82) is 0 Å². The zero-order chi connectivity index (χ0) is 23.3. The number of hydrogen-bond acceptors (Lipinski definition) is 4. The molecule has 0 radical (unpaired) electrons. The highest BCUT2D eigenvalue weighted by molar-refractivity contribution is 7.89. The second kappa shape index (κ2) is 10.3. The summed E-state index contributed by atoms with van der Waals surface area (Å²) in [5.41, 5.74) is 3.24. The first-order valence-corrected chi connectivity index (χ1v) is 11.9. The molecule has 31 heavy (non-hydrogen) atoms. The van der Waals surface area contributed by atoms with Gasteiger partial charge in [0.15, 0.2) is 5.96 Å². The van der Waals surface area contributed by atoms with E-state index in [9.17, 15) is 8.42 Å². The number of rotatable bonds is 8. The number of aromatic nitrogens is 2. The van der Waals surface area contributed by atoms with Crippen molar-refractivity contribution in [2.45, 2.75) is 57.6 Å². The molecule has 172 valence electrons. The van der Waals surface area contributed by atoms with Crippen LogP contribution in [0.1, 0.15) is 50.4 Å². The van der Waals surface area contributed by atoms with E-state index in [4.69, 9.17) is 0 Å². The van der Waals surface area contributed by atoms with Crippen molar-refractivity contribution in [3.05, 3.63) is 47.3 Å². The molecule has 0 aliphatic heterocycles. The molecule has 0 unspecified atom stereocenters. The molecule has 0 saturated carbocycles. The van der Waals surface area contributed by atoms with Crippen LogP contribution in [0.3, 0.4) is 0 Å². The fourth-order valence-corrected chi connectivity index (χ4v) is 4.65. The molecule has 1 aromatic carbocycles. The third-order valence-electron chi connectivity index (χ3n) is 5.24. The largest absolute Gasteiger partial charge is 0.352 e. The van der Waals surface area contributed by atoms with E-state index >= 15 is 0 Å². The number of benzene rings is 1. The molecule has 2 aromatic rings. The van der Waals surface area contributed by atoms with Crippen molar-refractivity contribution >= 4 is 16.0 Å². The third kappa shape index (κ3) is 6.07. The van der Waals surface area contributed by atoms with E-state index in [2.05, 4.69) is 34.2 Å². The number of guanidine groups is 1. The van der Waals surface area contributed by atoms with Gasteiger partial charge in [0.25, 0.3) is 0 Å². The Labute approximate surface area is 187 Å². The Hall–Kier alpha value is -2.39. The second-order valence-electron chi connectivity index (χ2n) is 8.38. The van der Waals surface area contributed by atoms with Crippen molar-refractivity contribution in [3.63, 3.8) is 0 Å². The van der Waals surface area contributed by atoms with Gasteiger partial charge in [-0.05, 0) is 37.5 Å². The van der Waals surface area contributed by atoms with Gasteiger partial charge in [0.2, 0.25) is 10.0 Å². The molecule has 0 amide bonds. The van der Waals surface area contributed by atoms with Crippen LogP contribution in [0.5, 0.6) is 0 Å². The van der Waals surface area contributed by atoms with E-state index in [1.807, 2.05) is 51.0 Å². The van der Waals surface area contributed by atoms with E-state index < -0.39 is 10.0 Å². The molecule has 1 N–H and O–H groups in total. The third-order valence-corrected chi connectivity index (χ3v) is 7.29. The number of sulfonamides is 1. The average molecular weight is 449 g/mol. The van der Waals surface area contributed by atoms with Gasteiger partial charge in [-0.25, -0.2) is 8.42 Å². The van der Waals surface area contributed by atoms with Crippen molar-refractivity contribution in [2.75, 3.05) is 21.1 Å². The lowest BCUT2D eigenvalue weighted by atomic mass is 10.1. The first-order chi connectivity index (χ1) is 14.5. The zero-order valence-electron chi connectivity index (χ0n) is 19.9. The van der Waals surface area contributed by atoms with E-state index in [0.29, 0.717) is 23.9 Å². The predicted octanol–water partition coefficient (Wildman–Crippen LogP) is 2.78. The Morgan fingerprint density at radius 2 is 1.77 bits per heavy atom. The first-order valence-electron chi connectivity index (χ1n) is 10.5. The summed E-state index contributed by atoms with van der Waals surface area (Å²) in [7, 11) is 3.80. The molecule has 0 spiro atoms. The summed E-state index contributed by atoms with van der Waals surface area (Å²) in [6, 6.07) is 6.88. The van der Waals surface area contributed by atoms with E-state index in [1.54, 1.807) is 26.2 Å². The molecule has 0 atom stereocenters. The molecule has 0 aliphatic carbocycles. The minimum absolute atomic E-state index is 0.0961. The van der Waals surface area contributed by atoms with E-state index in [0.717, 1.165) is 17.2 Å². The Bertz CT molecular complexity index is 994. The number of aryl methyl sites for hydroxylation is 1. The van der Waals surface area contributed by atoms with Gasteiger partial charge in [0.1, 0.15) is 0 Å². The predicted molar refractivity (Wildman–Crippen MR) is 125 cm³/mol. The van der Waals surface area contributed by atoms with Gasteiger partial charge in [-0.2, -0.15) is 9.40 Å². The van der Waals surface area contributed by atoms with Crippen molar-refractivity contribution in [2.24, 2.45) is 12.0 Å². The quantitative estimate of drug-likeness (QED) is 0.496. The average Bonchev–Trinajstić information content (AvgIpc) is 3.08. The summed E-state index contributed by atoms with van der Waals surface area (Å²) in [4.78, 5) is 6.73. The van der Waals surface area contributed by atoms with Crippen molar-refractivity contribution in [3.8, 4) is 0 Å². The summed E-state index contributed by atoms with van der Waals surface area (Å²) >= 11 is 0. The van der Waals surface area contributed by atoms with Gasteiger partial charge in [-0.3, -0.25) is 9.67 Å². The smallest absolute Gasteiger partial charge is 0.243 e. The first kappa shape index (κ1) is 24.9. The van der Waals surface area contributed by atoms with Crippen LogP contribution in [0, 0.1) is 0 Å². The summed E-state index contributed by atoms with van der Waals surface area (Å²) in [6.45, 7) is 9.23. The maximum Gasteiger partial charge on any atom is 0.243 e. The highest BCUT2D eigenvalue weighted by Gasteiger charge is 2.22. The minimum atomic E-state index is -3.48. The van der Waals surface area contributed by atoms with Crippen LogP contribution in [-0.2, 0) is 30.2 Å². The highest BCUT2D eigenvalue weighted by Crippen LogP contribution is 2.19. The number of nitrogens with one attached hydrogen (secondary N) is 1. The number of nitrogens with zero attached hydrogens (tertiary/aromatic N) is 5. The lowest BCUT2D eigenvalue weighted by molar-refractivity contribution is 0.410. The molecule has 0 bridgehead atoms. The van der Waals surface area contributed by atoms with E-state index in [1.165, 1.54) is 9.87 Å². The van der Waals surface area contributed by atoms with Crippen molar-refractivity contribution in [1.82, 2.24) is 24.3 Å². The topological polar surface area (TPSA) is 82.8 Å². The summed E-state index contributed by atoms with van der Waals surface area (Å²) in [6.07, 6.45) is 2.05. The Morgan fingerprint density at radius 3 is 2.29 bits per heavy atom. The van der Waals surface area contributed by atoms with E-state index in [-0.39, 0.29) is 6.04 Å². The van der Waals surface area contributed by atoms with Crippen molar-refractivity contribution < 1.29 is 8.42 Å².